The maximum Gasteiger partial charge on any atom is 0.289 e. The lowest BCUT2D eigenvalue weighted by molar-refractivity contribution is 0.0950. The van der Waals surface area contributed by atoms with Gasteiger partial charge in [-0.1, -0.05) is 43.2 Å². The molecule has 0 aliphatic carbocycles. The number of carbonyl (C=O) groups is 1. The average molecular weight is 483 g/mol. The molecule has 36 heavy (non-hydrogen) atoms. The highest BCUT2D eigenvalue weighted by Gasteiger charge is 2.10. The van der Waals surface area contributed by atoms with Crippen LogP contribution < -0.4 is 14.9 Å². The second-order valence-corrected chi connectivity index (χ2v) is 8.44. The molecule has 7 nitrogen and oxygen atoms in total. The van der Waals surface area contributed by atoms with Crippen LogP contribution in [0, 0.1) is 6.92 Å². The van der Waals surface area contributed by atoms with Crippen molar-refractivity contribution in [3.8, 4) is 22.8 Å². The van der Waals surface area contributed by atoms with Crippen molar-refractivity contribution in [2.75, 3.05) is 6.61 Å². The lowest BCUT2D eigenvalue weighted by Crippen LogP contribution is -2.17. The van der Waals surface area contributed by atoms with Crippen LogP contribution in [-0.4, -0.2) is 28.9 Å². The third kappa shape index (κ3) is 7.06. The van der Waals surface area contributed by atoms with Gasteiger partial charge in [-0.3, -0.25) is 9.89 Å². The van der Waals surface area contributed by atoms with Gasteiger partial charge in [-0.05, 0) is 79.1 Å². The van der Waals surface area contributed by atoms with Gasteiger partial charge in [0, 0.05) is 5.56 Å². The number of aromatic amines is 1. The molecule has 0 fully saturated rings. The van der Waals surface area contributed by atoms with E-state index in [4.69, 9.17) is 9.47 Å². The highest BCUT2D eigenvalue weighted by atomic mass is 16.5. The van der Waals surface area contributed by atoms with Crippen LogP contribution in [0.4, 0.5) is 0 Å². The molecule has 1 heterocycles. The summed E-state index contributed by atoms with van der Waals surface area (Å²) in [5.41, 5.74) is 7.57. The predicted molar refractivity (Wildman–Crippen MR) is 141 cm³/mol. The maximum atomic E-state index is 12.4. The summed E-state index contributed by atoms with van der Waals surface area (Å²) < 4.78 is 11.5. The number of carbonyl (C=O) groups excluding carboxylic acids is 1. The van der Waals surface area contributed by atoms with E-state index in [0.717, 1.165) is 41.0 Å². The van der Waals surface area contributed by atoms with Crippen LogP contribution in [-0.2, 0) is 6.61 Å². The zero-order valence-electron chi connectivity index (χ0n) is 20.5. The van der Waals surface area contributed by atoms with Crippen molar-refractivity contribution in [2.45, 2.75) is 33.3 Å². The van der Waals surface area contributed by atoms with Gasteiger partial charge >= 0.3 is 0 Å². The van der Waals surface area contributed by atoms with Crippen molar-refractivity contribution in [2.24, 2.45) is 5.10 Å². The molecular formula is C29H30N4O3. The monoisotopic (exact) mass is 482 g/mol. The molecule has 0 saturated carbocycles. The maximum absolute atomic E-state index is 12.4. The summed E-state index contributed by atoms with van der Waals surface area (Å²) in [5.74, 6) is 1.21. The first-order valence-electron chi connectivity index (χ1n) is 12.0. The Balaban J connectivity index is 1.27. The minimum atomic E-state index is -0.373. The van der Waals surface area contributed by atoms with E-state index in [1.165, 1.54) is 5.56 Å². The number of unbranched alkanes of at least 4 members (excludes halogenated alkanes) is 1. The van der Waals surface area contributed by atoms with Crippen LogP contribution in [0.5, 0.6) is 11.5 Å². The Morgan fingerprint density at radius 1 is 0.972 bits per heavy atom. The van der Waals surface area contributed by atoms with Crippen LogP contribution >= 0.6 is 0 Å². The highest BCUT2D eigenvalue weighted by Crippen LogP contribution is 2.22. The standard InChI is InChI=1S/C29H30N4O3/c1-3-4-17-35-25-13-9-22(10-14-25)19-30-33-29(34)28-18-27(31-32-28)24-11-15-26(16-12-24)36-20-23-7-5-21(2)6-8-23/h5-16,18-19H,3-4,17,20H2,1-2H3,(H,31,32)(H,33,34)/b30-19-. The Kier molecular flexibility index (Phi) is 8.48. The molecule has 7 heteroatoms. The van der Waals surface area contributed by atoms with Crippen LogP contribution in [0.2, 0.25) is 0 Å². The van der Waals surface area contributed by atoms with E-state index in [1.54, 1.807) is 12.3 Å². The molecule has 0 unspecified atom stereocenters. The number of rotatable bonds is 11. The average Bonchev–Trinajstić information content (AvgIpc) is 3.40. The van der Waals surface area contributed by atoms with E-state index < -0.39 is 0 Å². The van der Waals surface area contributed by atoms with Crippen molar-refractivity contribution < 1.29 is 14.3 Å². The van der Waals surface area contributed by atoms with Crippen molar-refractivity contribution in [3.63, 3.8) is 0 Å². The van der Waals surface area contributed by atoms with Gasteiger partial charge < -0.3 is 9.47 Å². The fraction of sp³-hybridized carbons (Fsp3) is 0.207. The third-order valence-electron chi connectivity index (χ3n) is 5.53. The lowest BCUT2D eigenvalue weighted by Gasteiger charge is -2.07. The van der Waals surface area contributed by atoms with Gasteiger partial charge in [0.05, 0.1) is 18.5 Å². The van der Waals surface area contributed by atoms with Crippen LogP contribution in [0.1, 0.15) is 46.9 Å². The van der Waals surface area contributed by atoms with E-state index in [2.05, 4.69) is 58.8 Å². The summed E-state index contributed by atoms with van der Waals surface area (Å²) in [6.07, 6.45) is 3.71. The van der Waals surface area contributed by atoms with Crippen molar-refractivity contribution in [1.29, 1.82) is 0 Å². The van der Waals surface area contributed by atoms with Gasteiger partial charge in [-0.2, -0.15) is 10.2 Å². The van der Waals surface area contributed by atoms with Crippen molar-refractivity contribution >= 4 is 12.1 Å². The van der Waals surface area contributed by atoms with E-state index in [0.29, 0.717) is 24.6 Å². The zero-order chi connectivity index (χ0) is 25.2. The number of aromatic nitrogens is 2. The smallest absolute Gasteiger partial charge is 0.289 e. The molecule has 0 aliphatic heterocycles. The second kappa shape index (κ2) is 12.4. The van der Waals surface area contributed by atoms with Gasteiger partial charge in [-0.25, -0.2) is 5.43 Å². The lowest BCUT2D eigenvalue weighted by atomic mass is 10.1. The highest BCUT2D eigenvalue weighted by molar-refractivity contribution is 5.94. The first-order chi connectivity index (χ1) is 17.6. The number of nitrogens with zero attached hydrogens (tertiary/aromatic N) is 2. The van der Waals surface area contributed by atoms with E-state index in [1.807, 2.05) is 48.5 Å². The predicted octanol–water partition coefficient (Wildman–Crippen LogP) is 5.91. The second-order valence-electron chi connectivity index (χ2n) is 8.44. The molecule has 1 aromatic heterocycles. The molecule has 4 aromatic rings. The first-order valence-corrected chi connectivity index (χ1v) is 12.0. The number of hydrogen-bond acceptors (Lipinski definition) is 5. The third-order valence-corrected chi connectivity index (χ3v) is 5.53. The number of benzene rings is 3. The van der Waals surface area contributed by atoms with Crippen LogP contribution in [0.25, 0.3) is 11.3 Å². The summed E-state index contributed by atoms with van der Waals surface area (Å²) in [4.78, 5) is 12.4. The molecule has 0 aliphatic rings. The Hall–Kier alpha value is -4.39. The quantitative estimate of drug-likeness (QED) is 0.158. The van der Waals surface area contributed by atoms with E-state index >= 15 is 0 Å². The molecule has 0 spiro atoms. The number of hydrogen-bond donors (Lipinski definition) is 2. The SMILES string of the molecule is CCCCOc1ccc(/C=N\NC(=O)c2cc(-c3ccc(OCc4ccc(C)cc4)cc3)n[nH]2)cc1. The van der Waals surface area contributed by atoms with E-state index in [9.17, 15) is 4.79 Å². The van der Waals surface area contributed by atoms with Gasteiger partial charge in [-0.15, -0.1) is 0 Å². The number of nitrogens with one attached hydrogen (secondary N) is 2. The largest absolute Gasteiger partial charge is 0.494 e. The number of hydrazone groups is 1. The summed E-state index contributed by atoms with van der Waals surface area (Å²) in [6.45, 7) is 5.40. The Morgan fingerprint density at radius 3 is 2.39 bits per heavy atom. The molecule has 3 aromatic carbocycles. The summed E-state index contributed by atoms with van der Waals surface area (Å²) in [5, 5.41) is 11.1. The molecule has 0 radical (unpaired) electrons. The van der Waals surface area contributed by atoms with Gasteiger partial charge in [0.15, 0.2) is 0 Å². The molecule has 0 bridgehead atoms. The topological polar surface area (TPSA) is 88.6 Å². The minimum Gasteiger partial charge on any atom is -0.494 e. The fourth-order valence-electron chi connectivity index (χ4n) is 3.37. The summed E-state index contributed by atoms with van der Waals surface area (Å²) >= 11 is 0. The first kappa shape index (κ1) is 24.7. The van der Waals surface area contributed by atoms with Crippen molar-refractivity contribution in [1.82, 2.24) is 15.6 Å². The van der Waals surface area contributed by atoms with Gasteiger partial charge in [0.2, 0.25) is 0 Å². The van der Waals surface area contributed by atoms with Crippen LogP contribution in [0.3, 0.4) is 0 Å². The Labute approximate surface area is 211 Å². The molecular weight excluding hydrogens is 452 g/mol. The number of ether oxygens (including phenoxy) is 2. The molecule has 184 valence electrons. The molecule has 0 atom stereocenters. The van der Waals surface area contributed by atoms with E-state index in [-0.39, 0.29) is 5.91 Å². The number of H-pyrrole nitrogens is 1. The van der Waals surface area contributed by atoms with Gasteiger partial charge in [0.25, 0.3) is 5.91 Å². The molecule has 0 saturated heterocycles. The fourth-order valence-corrected chi connectivity index (χ4v) is 3.37. The molecule has 4 rings (SSSR count). The number of amides is 1. The summed E-state index contributed by atoms with van der Waals surface area (Å²) in [6, 6.07) is 25.1. The number of aryl methyl sites for hydroxylation is 1. The molecule has 1 amide bonds. The summed E-state index contributed by atoms with van der Waals surface area (Å²) in [7, 11) is 0. The van der Waals surface area contributed by atoms with Gasteiger partial charge in [0.1, 0.15) is 23.8 Å². The zero-order valence-corrected chi connectivity index (χ0v) is 20.5. The molecule has 2 N–H and O–H groups in total. The van der Waals surface area contributed by atoms with Crippen molar-refractivity contribution in [3.05, 3.63) is 101 Å². The minimum absolute atomic E-state index is 0.321. The normalized spacial score (nSPS) is 10.9. The Morgan fingerprint density at radius 2 is 1.67 bits per heavy atom. The van der Waals surface area contributed by atoms with Crippen LogP contribution in [0.15, 0.2) is 84.0 Å². The Bertz CT molecular complexity index is 1280.